The minimum Gasteiger partial charge on any atom is -0.211 e. The highest BCUT2D eigenvalue weighted by Crippen LogP contribution is 2.44. The topological polar surface area (TPSA) is 0 Å². The van der Waals surface area contributed by atoms with Gasteiger partial charge in [0.05, 0.1) is 0 Å². The second kappa shape index (κ2) is 13.6. The van der Waals surface area contributed by atoms with Crippen LogP contribution in [0.1, 0.15) is 86.6 Å². The molecule has 0 aromatic heterocycles. The van der Waals surface area contributed by atoms with E-state index in [0.29, 0.717) is 6.42 Å². The van der Waals surface area contributed by atoms with Gasteiger partial charge in [-0.2, -0.15) is 0 Å². The first-order chi connectivity index (χ1) is 18.1. The molecule has 0 heterocycles. The Morgan fingerprint density at radius 1 is 0.622 bits per heavy atom. The second-order valence-electron chi connectivity index (χ2n) is 10.9. The summed E-state index contributed by atoms with van der Waals surface area (Å²) in [7, 11) is 0. The molecule has 0 nitrogen and oxygen atoms in total. The van der Waals surface area contributed by atoms with E-state index in [2.05, 4.69) is 74.5 Å². The molecule has 0 N–H and O–H groups in total. The Morgan fingerprint density at radius 2 is 1.08 bits per heavy atom. The number of rotatable bonds is 13. The van der Waals surface area contributed by atoms with E-state index < -0.39 is 0 Å². The summed E-state index contributed by atoms with van der Waals surface area (Å²) in [5.41, 5.74) is 7.10. The van der Waals surface area contributed by atoms with Crippen LogP contribution in [0, 0.1) is 5.41 Å². The van der Waals surface area contributed by atoms with E-state index in [9.17, 15) is 0 Å². The number of unbranched alkanes of at least 4 members (excludes halogenated alkanes) is 2. The summed E-state index contributed by atoms with van der Waals surface area (Å²) in [6.45, 7) is 4.48. The number of halogens is 1. The van der Waals surface area contributed by atoms with Crippen molar-refractivity contribution in [1.82, 2.24) is 0 Å². The van der Waals surface area contributed by atoms with E-state index >= 15 is 4.39 Å². The van der Waals surface area contributed by atoms with Crippen LogP contribution in [0.5, 0.6) is 0 Å². The number of aryl methyl sites for hydroxylation is 4. The van der Waals surface area contributed by atoms with Gasteiger partial charge in [-0.05, 0) is 84.6 Å². The van der Waals surface area contributed by atoms with E-state index in [1.807, 2.05) is 30.3 Å². The van der Waals surface area contributed by atoms with E-state index in [1.54, 1.807) is 0 Å². The van der Waals surface area contributed by atoms with E-state index in [4.69, 9.17) is 0 Å². The molecule has 0 aliphatic heterocycles. The molecule has 3 aromatic carbocycles. The molecule has 0 fully saturated rings. The van der Waals surface area contributed by atoms with Gasteiger partial charge in [-0.1, -0.05) is 118 Å². The predicted octanol–water partition coefficient (Wildman–Crippen LogP) is 10.3. The molecule has 37 heavy (non-hydrogen) atoms. The van der Waals surface area contributed by atoms with Gasteiger partial charge in [-0.15, -0.1) is 0 Å². The molecule has 0 saturated heterocycles. The fraction of sp³-hybridized carbons (Fsp3) is 0.389. The van der Waals surface area contributed by atoms with Crippen molar-refractivity contribution in [2.75, 3.05) is 0 Å². The molecule has 0 unspecified atom stereocenters. The summed E-state index contributed by atoms with van der Waals surface area (Å²) in [6, 6.07) is 28.2. The van der Waals surface area contributed by atoms with Crippen molar-refractivity contribution in [3.63, 3.8) is 0 Å². The minimum absolute atomic E-state index is 0.0264. The second-order valence-corrected chi connectivity index (χ2v) is 10.9. The van der Waals surface area contributed by atoms with Crippen molar-refractivity contribution in [3.8, 4) is 0 Å². The molecule has 4 rings (SSSR count). The van der Waals surface area contributed by atoms with Crippen LogP contribution in [0.25, 0.3) is 5.57 Å². The molecule has 1 aliphatic carbocycles. The van der Waals surface area contributed by atoms with E-state index in [1.165, 1.54) is 47.9 Å². The Hall–Kier alpha value is -2.93. The molecular formula is C36H43F. The van der Waals surface area contributed by atoms with Crippen LogP contribution in [-0.4, -0.2) is 0 Å². The van der Waals surface area contributed by atoms with Gasteiger partial charge in [-0.3, -0.25) is 0 Å². The van der Waals surface area contributed by atoms with Gasteiger partial charge in [-0.25, -0.2) is 4.39 Å². The highest BCUT2D eigenvalue weighted by molar-refractivity contribution is 5.76. The third kappa shape index (κ3) is 7.78. The third-order valence-corrected chi connectivity index (χ3v) is 7.99. The Balaban J connectivity index is 1.48. The van der Waals surface area contributed by atoms with Gasteiger partial charge < -0.3 is 0 Å². The van der Waals surface area contributed by atoms with Crippen molar-refractivity contribution in [3.05, 3.63) is 125 Å². The molecule has 3 aromatic rings. The monoisotopic (exact) mass is 494 g/mol. The van der Waals surface area contributed by atoms with Gasteiger partial charge in [0.15, 0.2) is 0 Å². The smallest absolute Gasteiger partial charge is 0.109 e. The molecule has 0 bridgehead atoms. The maximum Gasteiger partial charge on any atom is 0.109 e. The van der Waals surface area contributed by atoms with Crippen molar-refractivity contribution in [1.29, 1.82) is 0 Å². The van der Waals surface area contributed by atoms with Crippen LogP contribution >= 0.6 is 0 Å². The molecule has 0 spiro atoms. The molecule has 1 aliphatic rings. The molecule has 0 radical (unpaired) electrons. The van der Waals surface area contributed by atoms with Crippen molar-refractivity contribution in [2.24, 2.45) is 5.41 Å². The van der Waals surface area contributed by atoms with Crippen molar-refractivity contribution < 1.29 is 4.39 Å². The highest BCUT2D eigenvalue weighted by atomic mass is 19.1. The summed E-state index contributed by atoms with van der Waals surface area (Å²) in [5.74, 6) is 0.0264. The summed E-state index contributed by atoms with van der Waals surface area (Å²) in [6.07, 6.45) is 16.0. The standard InChI is InChI=1S/C36H43F/c1-3-5-10-29-14-18-31(19-15-29)22-25-36(26-23-32-20-16-30(17-21-32)11-6-4-2)27-24-34(35(37)28-36)33-12-8-7-9-13-33/h7-9,12-21,24,27H,3-6,10-11,22-23,25-26,28H2,1-2H3. The van der Waals surface area contributed by atoms with Gasteiger partial charge in [0.1, 0.15) is 5.83 Å². The fourth-order valence-electron chi connectivity index (χ4n) is 5.45. The summed E-state index contributed by atoms with van der Waals surface area (Å²) in [5, 5.41) is 0. The average molecular weight is 495 g/mol. The summed E-state index contributed by atoms with van der Waals surface area (Å²) < 4.78 is 15.7. The first kappa shape index (κ1) is 27.1. The van der Waals surface area contributed by atoms with Crippen molar-refractivity contribution >= 4 is 5.57 Å². The number of benzene rings is 3. The van der Waals surface area contributed by atoms with Crippen LogP contribution in [-0.2, 0) is 25.7 Å². The van der Waals surface area contributed by atoms with E-state index in [-0.39, 0.29) is 11.2 Å². The largest absolute Gasteiger partial charge is 0.211 e. The maximum absolute atomic E-state index is 15.7. The Morgan fingerprint density at radius 3 is 1.51 bits per heavy atom. The predicted molar refractivity (Wildman–Crippen MR) is 157 cm³/mol. The lowest BCUT2D eigenvalue weighted by Crippen LogP contribution is -2.23. The summed E-state index contributed by atoms with van der Waals surface area (Å²) in [4.78, 5) is 0. The third-order valence-electron chi connectivity index (χ3n) is 7.99. The van der Waals surface area contributed by atoms with Gasteiger partial charge in [0.25, 0.3) is 0 Å². The zero-order valence-corrected chi connectivity index (χ0v) is 22.8. The highest BCUT2D eigenvalue weighted by Gasteiger charge is 2.32. The molecule has 0 saturated carbocycles. The SMILES string of the molecule is CCCCc1ccc(CCC2(CCc3ccc(CCCC)cc3)C=CC(c3ccccc3)=C(F)C2)cc1. The Kier molecular flexibility index (Phi) is 9.94. The first-order valence-corrected chi connectivity index (χ1v) is 14.4. The zero-order chi connectivity index (χ0) is 25.9. The van der Waals surface area contributed by atoms with Crippen LogP contribution in [0.15, 0.2) is 96.8 Å². The van der Waals surface area contributed by atoms with E-state index in [0.717, 1.165) is 49.7 Å². The quantitative estimate of drug-likeness (QED) is 0.222. The molecule has 0 atom stereocenters. The minimum atomic E-state index is -0.163. The molecular weight excluding hydrogens is 451 g/mol. The lowest BCUT2D eigenvalue weighted by molar-refractivity contribution is 0.294. The summed E-state index contributed by atoms with van der Waals surface area (Å²) >= 11 is 0. The van der Waals surface area contributed by atoms with Crippen LogP contribution in [0.3, 0.4) is 0 Å². The lowest BCUT2D eigenvalue weighted by atomic mass is 9.71. The van der Waals surface area contributed by atoms with Crippen LogP contribution in [0.4, 0.5) is 4.39 Å². The number of hydrogen-bond acceptors (Lipinski definition) is 0. The Bertz CT molecular complexity index is 1090. The Labute approximate surface area is 224 Å². The van der Waals surface area contributed by atoms with Gasteiger partial charge >= 0.3 is 0 Å². The lowest BCUT2D eigenvalue weighted by Gasteiger charge is -2.34. The van der Waals surface area contributed by atoms with Crippen LogP contribution in [0.2, 0.25) is 0 Å². The number of hydrogen-bond donors (Lipinski definition) is 0. The van der Waals surface area contributed by atoms with Gasteiger partial charge in [0.2, 0.25) is 0 Å². The van der Waals surface area contributed by atoms with Crippen LogP contribution < -0.4 is 0 Å². The maximum atomic E-state index is 15.7. The van der Waals surface area contributed by atoms with Crippen molar-refractivity contribution in [2.45, 2.75) is 84.5 Å². The molecule has 194 valence electrons. The number of allylic oxidation sites excluding steroid dienone is 4. The molecule has 1 heteroatoms. The first-order valence-electron chi connectivity index (χ1n) is 14.4. The fourth-order valence-corrected chi connectivity index (χ4v) is 5.45. The normalized spacial score (nSPS) is 14.8. The zero-order valence-electron chi connectivity index (χ0n) is 22.8. The average Bonchev–Trinajstić information content (AvgIpc) is 2.94. The molecule has 0 amide bonds. The van der Waals surface area contributed by atoms with Gasteiger partial charge in [0, 0.05) is 12.0 Å².